The van der Waals surface area contributed by atoms with Crippen LogP contribution in [0.5, 0.6) is 0 Å². The summed E-state index contributed by atoms with van der Waals surface area (Å²) >= 11 is 0. The van der Waals surface area contributed by atoms with Crippen molar-refractivity contribution in [3.8, 4) is 29.0 Å². The molecule has 13 aromatic rings. The van der Waals surface area contributed by atoms with Gasteiger partial charge in [-0.1, -0.05) is 158 Å². The van der Waals surface area contributed by atoms with Crippen molar-refractivity contribution in [1.29, 1.82) is 0 Å². The maximum Gasteiger partial charge on any atom is 0.240 e. The van der Waals surface area contributed by atoms with Gasteiger partial charge in [0.15, 0.2) is 5.82 Å². The molecule has 6 heteroatoms. The Labute approximate surface area is 361 Å². The second-order valence-electron chi connectivity index (χ2n) is 16.0. The number of hydrogen-bond donors (Lipinski definition) is 0. The summed E-state index contributed by atoms with van der Waals surface area (Å²) in [5, 5.41) is 11.3. The van der Waals surface area contributed by atoms with E-state index in [0.29, 0.717) is 17.7 Å². The third kappa shape index (κ3) is 5.41. The number of para-hydroxylation sites is 6. The highest BCUT2D eigenvalue weighted by Gasteiger charge is 2.21. The zero-order chi connectivity index (χ0) is 41.4. The van der Waals surface area contributed by atoms with Crippen LogP contribution in [0.3, 0.4) is 0 Å². The van der Waals surface area contributed by atoms with Crippen LogP contribution < -0.4 is 0 Å². The normalized spacial score (nSPS) is 11.8. The predicted octanol–water partition coefficient (Wildman–Crippen LogP) is 14.3. The summed E-state index contributed by atoms with van der Waals surface area (Å²) in [6.07, 6.45) is 0. The summed E-state index contributed by atoms with van der Waals surface area (Å²) in [6, 6.07) is 77.5. The van der Waals surface area contributed by atoms with Gasteiger partial charge in [-0.3, -0.25) is 9.13 Å². The smallest absolute Gasteiger partial charge is 0.240 e. The average molecular weight is 805 g/mol. The number of hydrogen-bond acceptors (Lipinski definition) is 3. The van der Waals surface area contributed by atoms with Crippen LogP contribution in [0.4, 0.5) is 0 Å². The molecule has 0 spiro atoms. The molecule has 9 aromatic carbocycles. The van der Waals surface area contributed by atoms with Gasteiger partial charge in [-0.25, -0.2) is 0 Å². The second kappa shape index (κ2) is 14.0. The van der Waals surface area contributed by atoms with E-state index in [4.69, 9.17) is 15.0 Å². The Hall–Kier alpha value is -8.61. The van der Waals surface area contributed by atoms with Gasteiger partial charge in [-0.15, -0.1) is 0 Å². The Bertz CT molecular complexity index is 3890. The lowest BCUT2D eigenvalue weighted by Gasteiger charge is -2.15. The average Bonchev–Trinajstić information content (AvgIpc) is 3.88. The Morgan fingerprint density at radius 3 is 1.00 bits per heavy atom. The number of benzene rings is 9. The Morgan fingerprint density at radius 2 is 0.556 bits per heavy atom. The minimum atomic E-state index is 0.514. The molecule has 0 N–H and O–H groups in total. The van der Waals surface area contributed by atoms with Gasteiger partial charge in [0.05, 0.1) is 33.1 Å². The molecule has 0 unspecified atom stereocenters. The van der Waals surface area contributed by atoms with E-state index in [1.165, 1.54) is 10.8 Å². The van der Waals surface area contributed by atoms with Gasteiger partial charge < -0.3 is 4.57 Å². The van der Waals surface area contributed by atoms with Crippen LogP contribution in [-0.2, 0) is 0 Å². The van der Waals surface area contributed by atoms with Crippen molar-refractivity contribution in [3.63, 3.8) is 0 Å². The van der Waals surface area contributed by atoms with Gasteiger partial charge in [0, 0.05) is 43.6 Å². The summed E-state index contributed by atoms with van der Waals surface area (Å²) in [7, 11) is 0. The fourth-order valence-electron chi connectivity index (χ4n) is 9.83. The minimum absolute atomic E-state index is 0.514. The van der Waals surface area contributed by atoms with Gasteiger partial charge in [0.2, 0.25) is 11.9 Å². The molecule has 294 valence electrons. The van der Waals surface area contributed by atoms with Gasteiger partial charge in [0.1, 0.15) is 0 Å². The first-order valence-corrected chi connectivity index (χ1v) is 21.3. The first kappa shape index (κ1) is 35.2. The van der Waals surface area contributed by atoms with Crippen LogP contribution >= 0.6 is 0 Å². The third-order valence-corrected chi connectivity index (χ3v) is 12.6. The largest absolute Gasteiger partial charge is 0.309 e. The van der Waals surface area contributed by atoms with Crippen molar-refractivity contribution in [1.82, 2.24) is 28.7 Å². The summed E-state index contributed by atoms with van der Waals surface area (Å²) < 4.78 is 6.77. The third-order valence-electron chi connectivity index (χ3n) is 12.6. The van der Waals surface area contributed by atoms with Crippen LogP contribution in [0.15, 0.2) is 218 Å². The van der Waals surface area contributed by atoms with Gasteiger partial charge in [0.25, 0.3) is 0 Å². The zero-order valence-electron chi connectivity index (χ0n) is 34.0. The molecule has 0 bridgehead atoms. The molecule has 0 aliphatic rings. The van der Waals surface area contributed by atoms with E-state index in [2.05, 4.69) is 232 Å². The zero-order valence-corrected chi connectivity index (χ0v) is 34.0. The van der Waals surface area contributed by atoms with Gasteiger partial charge >= 0.3 is 0 Å². The van der Waals surface area contributed by atoms with Crippen molar-refractivity contribution in [2.24, 2.45) is 0 Å². The molecule has 0 atom stereocenters. The van der Waals surface area contributed by atoms with E-state index in [1.54, 1.807) is 0 Å². The van der Waals surface area contributed by atoms with Crippen LogP contribution in [0.2, 0.25) is 0 Å². The van der Waals surface area contributed by atoms with Crippen LogP contribution in [0.25, 0.3) is 116 Å². The van der Waals surface area contributed by atoms with Crippen LogP contribution in [0.1, 0.15) is 0 Å². The fraction of sp³-hybridized carbons (Fsp3) is 0. The molecule has 13 rings (SSSR count). The van der Waals surface area contributed by atoms with Crippen LogP contribution in [0, 0.1) is 0 Å². The molecule has 6 nitrogen and oxygen atoms in total. The van der Waals surface area contributed by atoms with Crippen molar-refractivity contribution < 1.29 is 0 Å². The van der Waals surface area contributed by atoms with Gasteiger partial charge in [-0.2, -0.15) is 15.0 Å². The van der Waals surface area contributed by atoms with Gasteiger partial charge in [-0.05, 0) is 82.2 Å². The first-order chi connectivity index (χ1) is 31.3. The lowest BCUT2D eigenvalue weighted by molar-refractivity contribution is 0.891. The maximum absolute atomic E-state index is 5.56. The predicted molar refractivity (Wildman–Crippen MR) is 261 cm³/mol. The number of aromatic nitrogens is 6. The SMILES string of the molecule is c1ccc(-n2c3ccccc3c3cc(-c4nc(-n5c6ccccc6c6ccccc6c6ccccc6c6ccccc65)nc(-n5c6ccccc6c6ccccc65)n4)ccc32)cc1. The minimum Gasteiger partial charge on any atom is -0.309 e. The summed E-state index contributed by atoms with van der Waals surface area (Å²) in [5.74, 6) is 1.63. The lowest BCUT2D eigenvalue weighted by atomic mass is 10.0. The molecule has 0 saturated carbocycles. The monoisotopic (exact) mass is 804 g/mol. The van der Waals surface area contributed by atoms with E-state index < -0.39 is 0 Å². The number of nitrogens with zero attached hydrogens (tertiary/aromatic N) is 6. The number of rotatable bonds is 4. The summed E-state index contributed by atoms with van der Waals surface area (Å²) in [6.45, 7) is 0. The second-order valence-corrected chi connectivity index (χ2v) is 16.0. The molecule has 4 heterocycles. The van der Waals surface area contributed by atoms with Crippen molar-refractivity contribution >= 4 is 87.0 Å². The number of fused-ring (bicyclic) bond motifs is 13. The molecule has 0 amide bonds. The topological polar surface area (TPSA) is 53.5 Å². The van der Waals surface area contributed by atoms with E-state index >= 15 is 0 Å². The fourth-order valence-corrected chi connectivity index (χ4v) is 9.83. The standard InChI is InChI=1S/C57H36N6/c1-2-18-38(19-3-1)61-49-29-13-12-28-47(49)48-36-37(34-35-54(48)61)55-58-56(60-57(59-55)63-52-32-16-10-26-45(52)46-27-11-17-33-53(46)63)62-50-30-14-8-24-43(50)41-22-6-4-20-39(41)40-21-5-7-23-42(40)44-25-9-15-31-51(44)62/h1-36H. The molecule has 0 saturated heterocycles. The van der Waals surface area contributed by atoms with Crippen molar-refractivity contribution in [2.75, 3.05) is 0 Å². The molecular weight excluding hydrogens is 769 g/mol. The highest BCUT2D eigenvalue weighted by atomic mass is 15.3. The highest BCUT2D eigenvalue weighted by Crippen LogP contribution is 2.38. The summed E-state index contributed by atoms with van der Waals surface area (Å²) in [4.78, 5) is 16.5. The molecule has 0 fully saturated rings. The Balaban J connectivity index is 1.20. The molecule has 0 radical (unpaired) electrons. The summed E-state index contributed by atoms with van der Waals surface area (Å²) in [5.41, 5.74) is 8.25. The first-order valence-electron chi connectivity index (χ1n) is 21.3. The highest BCUT2D eigenvalue weighted by molar-refractivity contribution is 6.19. The van der Waals surface area contributed by atoms with E-state index in [1.807, 2.05) is 0 Å². The van der Waals surface area contributed by atoms with Crippen LogP contribution in [-0.4, -0.2) is 28.7 Å². The quantitative estimate of drug-likeness (QED) is 0.178. The molecule has 4 aromatic heterocycles. The maximum atomic E-state index is 5.56. The molecule has 0 aliphatic carbocycles. The van der Waals surface area contributed by atoms with E-state index in [-0.39, 0.29) is 0 Å². The Kier molecular flexibility index (Phi) is 7.80. The van der Waals surface area contributed by atoms with E-state index in [0.717, 1.165) is 87.4 Å². The van der Waals surface area contributed by atoms with Crippen molar-refractivity contribution in [2.45, 2.75) is 0 Å². The Morgan fingerprint density at radius 1 is 0.238 bits per heavy atom. The lowest BCUT2D eigenvalue weighted by Crippen LogP contribution is -2.11. The molecular formula is C57H36N6. The van der Waals surface area contributed by atoms with Crippen molar-refractivity contribution in [3.05, 3.63) is 218 Å². The molecule has 0 aliphatic heterocycles. The van der Waals surface area contributed by atoms with E-state index in [9.17, 15) is 0 Å². The molecule has 63 heavy (non-hydrogen) atoms.